The van der Waals surface area contributed by atoms with Gasteiger partial charge in [-0.2, -0.15) is 0 Å². The number of hydrogen-bond acceptors (Lipinski definition) is 2. The van der Waals surface area contributed by atoms with Crippen molar-refractivity contribution in [2.45, 2.75) is 6.61 Å². The molecule has 0 amide bonds. The molecular weight excluding hydrogens is 132 g/mol. The molecule has 9 heavy (non-hydrogen) atoms. The molecule has 2 heterocycles. The second kappa shape index (κ2) is 1.88. The van der Waals surface area contributed by atoms with Gasteiger partial charge in [0.2, 0.25) is 0 Å². The van der Waals surface area contributed by atoms with Gasteiger partial charge in [-0.05, 0) is 17.5 Å². The van der Waals surface area contributed by atoms with Gasteiger partial charge in [-0.1, -0.05) is 0 Å². The van der Waals surface area contributed by atoms with Crippen molar-refractivity contribution in [3.05, 3.63) is 28.1 Å². The molecule has 0 bridgehead atoms. The molecule has 1 aromatic rings. The van der Waals surface area contributed by atoms with Crippen molar-refractivity contribution in [2.24, 2.45) is 0 Å². The second-order valence-corrected chi connectivity index (χ2v) is 2.87. The lowest BCUT2D eigenvalue weighted by molar-refractivity contribution is 0.235. The average molecular weight is 138 g/mol. The molecule has 0 atom stereocenters. The van der Waals surface area contributed by atoms with E-state index in [0.29, 0.717) is 0 Å². The Hall–Kier alpha value is -0.760. The molecule has 1 aliphatic rings. The van der Waals surface area contributed by atoms with E-state index in [1.807, 2.05) is 6.08 Å². The first-order valence-electron chi connectivity index (χ1n) is 2.81. The van der Waals surface area contributed by atoms with Crippen molar-refractivity contribution in [3.63, 3.8) is 0 Å². The first kappa shape index (κ1) is 5.06. The van der Waals surface area contributed by atoms with E-state index in [0.717, 1.165) is 6.61 Å². The molecule has 0 aromatic carbocycles. The molecular formula is C7H6OS. The smallest absolute Gasteiger partial charge is 0.114 e. The van der Waals surface area contributed by atoms with Gasteiger partial charge in [-0.25, -0.2) is 0 Å². The summed E-state index contributed by atoms with van der Waals surface area (Å²) in [4.78, 5) is 1.33. The summed E-state index contributed by atoms with van der Waals surface area (Å²) < 4.78 is 5.08. The number of hydrogen-bond donors (Lipinski definition) is 0. The van der Waals surface area contributed by atoms with Crippen LogP contribution in [0.25, 0.3) is 6.08 Å². The molecule has 0 unspecified atom stereocenters. The third kappa shape index (κ3) is 0.754. The maximum atomic E-state index is 5.08. The maximum absolute atomic E-state index is 5.08. The molecule has 1 aromatic heterocycles. The summed E-state index contributed by atoms with van der Waals surface area (Å²) in [5, 5.41) is 2.09. The highest BCUT2D eigenvalue weighted by atomic mass is 32.1. The normalized spacial score (nSPS) is 14.7. The molecule has 0 fully saturated rings. The Labute approximate surface area is 57.6 Å². The minimum absolute atomic E-state index is 0.745. The maximum Gasteiger partial charge on any atom is 0.114 e. The zero-order valence-corrected chi connectivity index (χ0v) is 5.65. The largest absolute Gasteiger partial charge is 0.496 e. The fourth-order valence-electron chi connectivity index (χ4n) is 0.861. The topological polar surface area (TPSA) is 9.23 Å². The quantitative estimate of drug-likeness (QED) is 0.534. The number of rotatable bonds is 0. The molecule has 1 aliphatic heterocycles. The standard InChI is InChI=1S/C7H6OS/c1-3-8-5-6-2-4-9-7(1)6/h1-4H,5H2. The van der Waals surface area contributed by atoms with Gasteiger partial charge >= 0.3 is 0 Å². The highest BCUT2D eigenvalue weighted by Gasteiger charge is 2.03. The van der Waals surface area contributed by atoms with Gasteiger partial charge < -0.3 is 4.74 Å². The van der Waals surface area contributed by atoms with Gasteiger partial charge in [-0.15, -0.1) is 11.3 Å². The lowest BCUT2D eigenvalue weighted by atomic mass is 10.2. The summed E-state index contributed by atoms with van der Waals surface area (Å²) in [6.07, 6.45) is 3.75. The fourth-order valence-corrected chi connectivity index (χ4v) is 1.65. The van der Waals surface area contributed by atoms with Crippen LogP contribution in [0.3, 0.4) is 0 Å². The van der Waals surface area contributed by atoms with Crippen molar-refractivity contribution < 1.29 is 4.74 Å². The number of thiophene rings is 1. The van der Waals surface area contributed by atoms with Gasteiger partial charge in [0.1, 0.15) is 6.61 Å². The highest BCUT2D eigenvalue weighted by Crippen LogP contribution is 2.22. The number of fused-ring (bicyclic) bond motifs is 1. The highest BCUT2D eigenvalue weighted by molar-refractivity contribution is 7.11. The molecule has 0 N–H and O–H groups in total. The van der Waals surface area contributed by atoms with E-state index in [9.17, 15) is 0 Å². The SMILES string of the molecule is C1=Cc2sccc2CO1. The minimum Gasteiger partial charge on any atom is -0.496 e. The Morgan fingerprint density at radius 2 is 2.56 bits per heavy atom. The summed E-state index contributed by atoms with van der Waals surface area (Å²) in [6, 6.07) is 2.10. The summed E-state index contributed by atoms with van der Waals surface area (Å²) in [6.45, 7) is 0.745. The van der Waals surface area contributed by atoms with Gasteiger partial charge in [0.05, 0.1) is 6.26 Å². The van der Waals surface area contributed by atoms with E-state index >= 15 is 0 Å². The Kier molecular flexibility index (Phi) is 1.06. The van der Waals surface area contributed by atoms with Crippen LogP contribution in [0, 0.1) is 0 Å². The molecule has 0 radical (unpaired) electrons. The van der Waals surface area contributed by atoms with Gasteiger partial charge in [-0.3, -0.25) is 0 Å². The third-order valence-corrected chi connectivity index (χ3v) is 2.26. The third-order valence-electron chi connectivity index (χ3n) is 1.34. The zero-order valence-electron chi connectivity index (χ0n) is 4.83. The van der Waals surface area contributed by atoms with Gasteiger partial charge in [0.15, 0.2) is 0 Å². The van der Waals surface area contributed by atoms with Crippen molar-refractivity contribution in [1.82, 2.24) is 0 Å². The summed E-state index contributed by atoms with van der Waals surface area (Å²) >= 11 is 1.76. The fraction of sp³-hybridized carbons (Fsp3) is 0.143. The Bertz CT molecular complexity index is 237. The van der Waals surface area contributed by atoms with Crippen molar-refractivity contribution in [2.75, 3.05) is 0 Å². The molecule has 0 saturated carbocycles. The van der Waals surface area contributed by atoms with E-state index in [1.165, 1.54) is 10.4 Å². The predicted octanol–water partition coefficient (Wildman–Crippen LogP) is 2.25. The van der Waals surface area contributed by atoms with Crippen LogP contribution in [0.15, 0.2) is 17.7 Å². The van der Waals surface area contributed by atoms with Crippen LogP contribution in [0.5, 0.6) is 0 Å². The Morgan fingerprint density at radius 1 is 1.56 bits per heavy atom. The monoisotopic (exact) mass is 138 g/mol. The van der Waals surface area contributed by atoms with Crippen molar-refractivity contribution in [3.8, 4) is 0 Å². The van der Waals surface area contributed by atoms with Crippen LogP contribution in [0.1, 0.15) is 10.4 Å². The first-order chi connectivity index (χ1) is 4.47. The van der Waals surface area contributed by atoms with Crippen LogP contribution in [0.2, 0.25) is 0 Å². The van der Waals surface area contributed by atoms with Crippen LogP contribution in [0.4, 0.5) is 0 Å². The van der Waals surface area contributed by atoms with Gasteiger partial charge in [0.25, 0.3) is 0 Å². The first-order valence-corrected chi connectivity index (χ1v) is 3.69. The second-order valence-electron chi connectivity index (χ2n) is 1.92. The van der Waals surface area contributed by atoms with Crippen molar-refractivity contribution >= 4 is 17.4 Å². The summed E-state index contributed by atoms with van der Waals surface area (Å²) in [5.74, 6) is 0. The summed E-state index contributed by atoms with van der Waals surface area (Å²) in [5.41, 5.74) is 1.31. The Balaban J connectivity index is 2.53. The molecule has 2 rings (SSSR count). The van der Waals surface area contributed by atoms with E-state index in [2.05, 4.69) is 11.4 Å². The van der Waals surface area contributed by atoms with Crippen molar-refractivity contribution in [1.29, 1.82) is 0 Å². The molecule has 0 saturated heterocycles. The van der Waals surface area contributed by atoms with Crippen LogP contribution < -0.4 is 0 Å². The molecule has 2 heteroatoms. The minimum atomic E-state index is 0.745. The van der Waals surface area contributed by atoms with Crippen LogP contribution in [-0.2, 0) is 11.3 Å². The van der Waals surface area contributed by atoms with Crippen LogP contribution >= 0.6 is 11.3 Å². The van der Waals surface area contributed by atoms with Crippen LogP contribution in [-0.4, -0.2) is 0 Å². The molecule has 1 nitrogen and oxygen atoms in total. The molecule has 46 valence electrons. The zero-order chi connectivity index (χ0) is 6.10. The van der Waals surface area contributed by atoms with E-state index in [4.69, 9.17) is 4.74 Å². The molecule has 0 spiro atoms. The Morgan fingerprint density at radius 3 is 3.44 bits per heavy atom. The lowest BCUT2D eigenvalue weighted by Crippen LogP contribution is -1.89. The predicted molar refractivity (Wildman–Crippen MR) is 38.1 cm³/mol. The number of ether oxygens (including phenoxy) is 1. The van der Waals surface area contributed by atoms with E-state index in [1.54, 1.807) is 17.6 Å². The molecule has 0 aliphatic carbocycles. The summed E-state index contributed by atoms with van der Waals surface area (Å²) in [7, 11) is 0. The van der Waals surface area contributed by atoms with E-state index in [-0.39, 0.29) is 0 Å². The lowest BCUT2D eigenvalue weighted by Gasteiger charge is -2.04. The van der Waals surface area contributed by atoms with Gasteiger partial charge in [0, 0.05) is 10.4 Å². The van der Waals surface area contributed by atoms with E-state index < -0.39 is 0 Å². The average Bonchev–Trinajstić information content (AvgIpc) is 2.33.